The molecule has 1 aliphatic heterocycles. The van der Waals surface area contributed by atoms with Crippen LogP contribution in [0.15, 0.2) is 30.3 Å². The van der Waals surface area contributed by atoms with Gasteiger partial charge in [-0.25, -0.2) is 0 Å². The van der Waals surface area contributed by atoms with Crippen molar-refractivity contribution in [3.63, 3.8) is 0 Å². The SMILES string of the molecule is CCN1CCN(CC(O)C(N)Cc2ccccc2)CC1. The maximum atomic E-state index is 10.3. The molecule has 0 radical (unpaired) electrons. The molecule has 2 atom stereocenters. The summed E-state index contributed by atoms with van der Waals surface area (Å²) in [7, 11) is 0. The van der Waals surface area contributed by atoms with Gasteiger partial charge in [0.25, 0.3) is 0 Å². The first-order chi connectivity index (χ1) is 9.69. The largest absolute Gasteiger partial charge is 0.390 e. The molecule has 0 bridgehead atoms. The summed E-state index contributed by atoms with van der Waals surface area (Å²) in [6, 6.07) is 9.95. The van der Waals surface area contributed by atoms with Crippen LogP contribution < -0.4 is 5.73 Å². The predicted octanol–water partition coefficient (Wildman–Crippen LogP) is 0.555. The first-order valence-electron chi connectivity index (χ1n) is 7.61. The topological polar surface area (TPSA) is 52.7 Å². The monoisotopic (exact) mass is 277 g/mol. The van der Waals surface area contributed by atoms with Crippen molar-refractivity contribution in [3.05, 3.63) is 35.9 Å². The Morgan fingerprint density at radius 3 is 2.30 bits per heavy atom. The number of aliphatic hydroxyl groups excluding tert-OH is 1. The van der Waals surface area contributed by atoms with Crippen molar-refractivity contribution >= 4 is 0 Å². The van der Waals surface area contributed by atoms with Gasteiger partial charge in [0.15, 0.2) is 0 Å². The molecule has 1 saturated heterocycles. The number of rotatable bonds is 6. The molecule has 0 spiro atoms. The standard InChI is InChI=1S/C16H27N3O/c1-2-18-8-10-19(11-9-18)13-16(20)15(17)12-14-6-4-3-5-7-14/h3-7,15-16,20H,2,8-13,17H2,1H3. The predicted molar refractivity (Wildman–Crippen MR) is 82.7 cm³/mol. The Bertz CT molecular complexity index is 377. The minimum absolute atomic E-state index is 0.193. The summed E-state index contributed by atoms with van der Waals surface area (Å²) < 4.78 is 0. The highest BCUT2D eigenvalue weighted by atomic mass is 16.3. The van der Waals surface area contributed by atoms with Crippen LogP contribution in [0.3, 0.4) is 0 Å². The Labute approximate surface area is 122 Å². The lowest BCUT2D eigenvalue weighted by Crippen LogP contribution is -2.51. The van der Waals surface area contributed by atoms with Gasteiger partial charge in [-0.1, -0.05) is 37.3 Å². The number of piperazine rings is 1. The lowest BCUT2D eigenvalue weighted by atomic mass is 10.0. The Morgan fingerprint density at radius 1 is 1.10 bits per heavy atom. The maximum Gasteiger partial charge on any atom is 0.0820 e. The third-order valence-corrected chi connectivity index (χ3v) is 4.17. The van der Waals surface area contributed by atoms with E-state index < -0.39 is 6.10 Å². The highest BCUT2D eigenvalue weighted by Gasteiger charge is 2.21. The van der Waals surface area contributed by atoms with E-state index in [9.17, 15) is 5.11 Å². The summed E-state index contributed by atoms with van der Waals surface area (Å²) in [5.41, 5.74) is 7.32. The minimum atomic E-state index is -0.455. The van der Waals surface area contributed by atoms with Crippen LogP contribution in [-0.2, 0) is 6.42 Å². The average molecular weight is 277 g/mol. The molecule has 20 heavy (non-hydrogen) atoms. The zero-order valence-electron chi connectivity index (χ0n) is 12.4. The van der Waals surface area contributed by atoms with E-state index in [1.54, 1.807) is 0 Å². The van der Waals surface area contributed by atoms with E-state index in [1.165, 1.54) is 5.56 Å². The molecule has 1 fully saturated rings. The third-order valence-electron chi connectivity index (χ3n) is 4.17. The Balaban J connectivity index is 1.75. The molecular formula is C16H27N3O. The van der Waals surface area contributed by atoms with Crippen molar-refractivity contribution in [2.24, 2.45) is 5.73 Å². The van der Waals surface area contributed by atoms with Gasteiger partial charge in [0, 0.05) is 38.8 Å². The summed E-state index contributed by atoms with van der Waals surface area (Å²) in [5, 5.41) is 10.3. The number of hydrogen-bond acceptors (Lipinski definition) is 4. The molecule has 1 aromatic rings. The van der Waals surface area contributed by atoms with Gasteiger partial charge >= 0.3 is 0 Å². The second-order valence-electron chi connectivity index (χ2n) is 5.66. The molecule has 0 amide bonds. The highest BCUT2D eigenvalue weighted by Crippen LogP contribution is 2.07. The number of likely N-dealkylation sites (N-methyl/N-ethyl adjacent to an activating group) is 1. The second-order valence-corrected chi connectivity index (χ2v) is 5.66. The fourth-order valence-electron chi connectivity index (χ4n) is 2.71. The van der Waals surface area contributed by atoms with Crippen molar-refractivity contribution in [2.45, 2.75) is 25.5 Å². The molecule has 0 aromatic heterocycles. The molecule has 0 aliphatic carbocycles. The van der Waals surface area contributed by atoms with Crippen LogP contribution in [0, 0.1) is 0 Å². The van der Waals surface area contributed by atoms with E-state index in [-0.39, 0.29) is 6.04 Å². The number of β-amino-alcohol motifs (C(OH)–C–C–N with tert-alkyl or cyclic N) is 1. The number of hydrogen-bond donors (Lipinski definition) is 2. The van der Waals surface area contributed by atoms with Crippen molar-refractivity contribution in [2.75, 3.05) is 39.3 Å². The zero-order chi connectivity index (χ0) is 14.4. The lowest BCUT2D eigenvalue weighted by Gasteiger charge is -2.35. The quantitative estimate of drug-likeness (QED) is 0.797. The smallest absolute Gasteiger partial charge is 0.0820 e. The molecule has 1 heterocycles. The molecular weight excluding hydrogens is 250 g/mol. The van der Waals surface area contributed by atoms with Crippen LogP contribution in [0.2, 0.25) is 0 Å². The molecule has 4 nitrogen and oxygen atoms in total. The zero-order valence-corrected chi connectivity index (χ0v) is 12.4. The van der Waals surface area contributed by atoms with Crippen LogP contribution in [0.25, 0.3) is 0 Å². The van der Waals surface area contributed by atoms with E-state index in [1.807, 2.05) is 18.2 Å². The molecule has 3 N–H and O–H groups in total. The number of nitrogens with zero attached hydrogens (tertiary/aromatic N) is 2. The lowest BCUT2D eigenvalue weighted by molar-refractivity contribution is 0.0613. The Morgan fingerprint density at radius 2 is 1.70 bits per heavy atom. The van der Waals surface area contributed by atoms with E-state index in [2.05, 4.69) is 28.9 Å². The van der Waals surface area contributed by atoms with Crippen molar-refractivity contribution in [3.8, 4) is 0 Å². The second kappa shape index (κ2) is 7.74. The first-order valence-corrected chi connectivity index (χ1v) is 7.61. The average Bonchev–Trinajstić information content (AvgIpc) is 2.49. The van der Waals surface area contributed by atoms with E-state index >= 15 is 0 Å². The van der Waals surface area contributed by atoms with E-state index in [0.717, 1.165) is 39.1 Å². The first kappa shape index (κ1) is 15.4. The molecule has 1 aromatic carbocycles. The van der Waals surface area contributed by atoms with Crippen LogP contribution in [0.4, 0.5) is 0 Å². The summed E-state index contributed by atoms with van der Waals surface area (Å²) in [5.74, 6) is 0. The van der Waals surface area contributed by atoms with Crippen LogP contribution in [0.5, 0.6) is 0 Å². The van der Waals surface area contributed by atoms with Gasteiger partial charge in [-0.15, -0.1) is 0 Å². The van der Waals surface area contributed by atoms with Crippen LogP contribution in [0.1, 0.15) is 12.5 Å². The van der Waals surface area contributed by atoms with Crippen LogP contribution in [-0.4, -0.2) is 66.3 Å². The number of nitrogens with two attached hydrogens (primary N) is 1. The summed E-state index contributed by atoms with van der Waals surface area (Å²) >= 11 is 0. The van der Waals surface area contributed by atoms with Crippen LogP contribution >= 0.6 is 0 Å². The summed E-state index contributed by atoms with van der Waals surface area (Å²) in [6.07, 6.45) is 0.278. The van der Waals surface area contributed by atoms with Gasteiger partial charge in [0.2, 0.25) is 0 Å². The number of aliphatic hydroxyl groups is 1. The molecule has 2 rings (SSSR count). The van der Waals surface area contributed by atoms with E-state index in [4.69, 9.17) is 5.73 Å². The third kappa shape index (κ3) is 4.56. The van der Waals surface area contributed by atoms with Gasteiger partial charge in [0.1, 0.15) is 0 Å². The van der Waals surface area contributed by atoms with E-state index in [0.29, 0.717) is 6.54 Å². The fourth-order valence-corrected chi connectivity index (χ4v) is 2.71. The van der Waals surface area contributed by atoms with Gasteiger partial charge in [-0.2, -0.15) is 0 Å². The van der Waals surface area contributed by atoms with Gasteiger partial charge in [-0.3, -0.25) is 4.90 Å². The van der Waals surface area contributed by atoms with Gasteiger partial charge in [-0.05, 0) is 18.5 Å². The number of benzene rings is 1. The molecule has 0 saturated carbocycles. The fraction of sp³-hybridized carbons (Fsp3) is 0.625. The molecule has 112 valence electrons. The molecule has 1 aliphatic rings. The minimum Gasteiger partial charge on any atom is -0.390 e. The molecule has 4 heteroatoms. The van der Waals surface area contributed by atoms with Crippen molar-refractivity contribution < 1.29 is 5.11 Å². The summed E-state index contributed by atoms with van der Waals surface area (Å²) in [6.45, 7) is 8.25. The van der Waals surface area contributed by atoms with Gasteiger partial charge < -0.3 is 15.7 Å². The molecule has 2 unspecified atom stereocenters. The van der Waals surface area contributed by atoms with Crippen molar-refractivity contribution in [1.29, 1.82) is 0 Å². The summed E-state index contributed by atoms with van der Waals surface area (Å²) in [4.78, 5) is 4.76. The Kier molecular flexibility index (Phi) is 5.98. The normalized spacial score (nSPS) is 20.8. The highest BCUT2D eigenvalue weighted by molar-refractivity contribution is 5.16. The van der Waals surface area contributed by atoms with Gasteiger partial charge in [0.05, 0.1) is 6.10 Å². The maximum absolute atomic E-state index is 10.3. The van der Waals surface area contributed by atoms with Crippen molar-refractivity contribution in [1.82, 2.24) is 9.80 Å². The Hall–Kier alpha value is -0.940.